The van der Waals surface area contributed by atoms with E-state index < -0.39 is 0 Å². The van der Waals surface area contributed by atoms with Crippen LogP contribution in [0.2, 0.25) is 0 Å². The van der Waals surface area contributed by atoms with Crippen molar-refractivity contribution >= 4 is 43.1 Å². The van der Waals surface area contributed by atoms with Crippen LogP contribution in [0, 0.1) is 0 Å². The van der Waals surface area contributed by atoms with Crippen molar-refractivity contribution < 1.29 is 0 Å². The molecule has 7 rings (SSSR count). The summed E-state index contributed by atoms with van der Waals surface area (Å²) < 4.78 is 0. The summed E-state index contributed by atoms with van der Waals surface area (Å²) in [6.07, 6.45) is 0. The zero-order valence-corrected chi connectivity index (χ0v) is 18.7. The highest BCUT2D eigenvalue weighted by Crippen LogP contribution is 2.43. The van der Waals surface area contributed by atoms with Crippen LogP contribution < -0.4 is 0 Å². The summed E-state index contributed by atoms with van der Waals surface area (Å²) in [5.74, 6) is 0. The van der Waals surface area contributed by atoms with E-state index in [9.17, 15) is 0 Å². The second-order valence-corrected chi connectivity index (χ2v) is 8.92. The standard InChI is InChI=1S/C34H22/c1-5-14-27-23(9-1)12-7-18-32(27)34-28-15-6-3-11-25(28)20-22-33(34)30-17-8-16-29-26-13-4-2-10-24(26)19-21-31(29)30/h1-22H. The third kappa shape index (κ3) is 2.86. The molecular formula is C34H22. The normalized spacial score (nSPS) is 11.5. The SMILES string of the molecule is c1ccc2c(-c3c(-c4cccc5c4ccc4ccccc45)ccc4ccccc34)cccc2c1. The van der Waals surface area contributed by atoms with Crippen LogP contribution in [0.3, 0.4) is 0 Å². The molecule has 0 saturated carbocycles. The second kappa shape index (κ2) is 7.57. The van der Waals surface area contributed by atoms with Crippen molar-refractivity contribution in [3.8, 4) is 22.3 Å². The molecule has 0 spiro atoms. The molecule has 0 aliphatic rings. The summed E-state index contributed by atoms with van der Waals surface area (Å²) in [6.45, 7) is 0. The Hall–Kier alpha value is -4.42. The zero-order chi connectivity index (χ0) is 22.5. The highest BCUT2D eigenvalue weighted by molar-refractivity contribution is 6.16. The minimum atomic E-state index is 1.26. The summed E-state index contributed by atoms with van der Waals surface area (Å²) in [5, 5.41) is 10.3. The first-order valence-corrected chi connectivity index (χ1v) is 11.8. The van der Waals surface area contributed by atoms with Gasteiger partial charge < -0.3 is 0 Å². The molecule has 7 aromatic rings. The predicted molar refractivity (Wildman–Crippen MR) is 147 cm³/mol. The molecule has 0 amide bonds. The number of benzene rings is 7. The van der Waals surface area contributed by atoms with Gasteiger partial charge in [-0.3, -0.25) is 0 Å². The molecule has 0 heteroatoms. The Kier molecular flexibility index (Phi) is 4.25. The summed E-state index contributed by atoms with van der Waals surface area (Å²) >= 11 is 0. The van der Waals surface area contributed by atoms with Crippen molar-refractivity contribution in [3.05, 3.63) is 133 Å². The zero-order valence-electron chi connectivity index (χ0n) is 18.7. The molecule has 0 bridgehead atoms. The quantitative estimate of drug-likeness (QED) is 0.239. The molecule has 0 unspecified atom stereocenters. The summed E-state index contributed by atoms with van der Waals surface area (Å²) in [4.78, 5) is 0. The topological polar surface area (TPSA) is 0 Å². The van der Waals surface area contributed by atoms with Crippen molar-refractivity contribution in [1.29, 1.82) is 0 Å². The maximum atomic E-state index is 2.31. The Morgan fingerprint density at radius 2 is 0.765 bits per heavy atom. The molecule has 0 saturated heterocycles. The fraction of sp³-hybridized carbons (Fsp3) is 0. The van der Waals surface area contributed by atoms with E-state index in [1.165, 1.54) is 65.3 Å². The number of hydrogen-bond acceptors (Lipinski definition) is 0. The van der Waals surface area contributed by atoms with Crippen LogP contribution in [-0.4, -0.2) is 0 Å². The molecule has 0 aromatic heterocycles. The molecule has 34 heavy (non-hydrogen) atoms. The first kappa shape index (κ1) is 19.1. The first-order chi connectivity index (χ1) is 16.9. The lowest BCUT2D eigenvalue weighted by atomic mass is 9.85. The van der Waals surface area contributed by atoms with Crippen LogP contribution in [0.5, 0.6) is 0 Å². The van der Waals surface area contributed by atoms with Gasteiger partial charge in [0.15, 0.2) is 0 Å². The van der Waals surface area contributed by atoms with Crippen LogP contribution in [0.25, 0.3) is 65.3 Å². The maximum absolute atomic E-state index is 2.31. The van der Waals surface area contributed by atoms with Gasteiger partial charge in [0.2, 0.25) is 0 Å². The van der Waals surface area contributed by atoms with E-state index in [4.69, 9.17) is 0 Å². The van der Waals surface area contributed by atoms with E-state index in [1.807, 2.05) is 0 Å². The van der Waals surface area contributed by atoms with Gasteiger partial charge in [0, 0.05) is 0 Å². The highest BCUT2D eigenvalue weighted by atomic mass is 14.2. The minimum absolute atomic E-state index is 1.26. The van der Waals surface area contributed by atoms with Crippen molar-refractivity contribution in [2.45, 2.75) is 0 Å². The number of hydrogen-bond donors (Lipinski definition) is 0. The van der Waals surface area contributed by atoms with Gasteiger partial charge >= 0.3 is 0 Å². The molecule has 0 atom stereocenters. The van der Waals surface area contributed by atoms with Gasteiger partial charge in [-0.2, -0.15) is 0 Å². The smallest absolute Gasteiger partial charge is 0.00204 e. The monoisotopic (exact) mass is 430 g/mol. The van der Waals surface area contributed by atoms with Gasteiger partial charge in [0.05, 0.1) is 0 Å². The Bertz CT molecular complexity index is 1850. The number of fused-ring (bicyclic) bond motifs is 5. The lowest BCUT2D eigenvalue weighted by Crippen LogP contribution is -1.91. The Morgan fingerprint density at radius 1 is 0.235 bits per heavy atom. The molecule has 0 nitrogen and oxygen atoms in total. The van der Waals surface area contributed by atoms with E-state index in [2.05, 4.69) is 133 Å². The van der Waals surface area contributed by atoms with Gasteiger partial charge in [-0.15, -0.1) is 0 Å². The van der Waals surface area contributed by atoms with E-state index in [0.717, 1.165) is 0 Å². The average molecular weight is 431 g/mol. The van der Waals surface area contributed by atoms with Gasteiger partial charge in [0.1, 0.15) is 0 Å². The van der Waals surface area contributed by atoms with E-state index >= 15 is 0 Å². The molecule has 0 aliphatic heterocycles. The first-order valence-electron chi connectivity index (χ1n) is 11.8. The third-order valence-corrected chi connectivity index (χ3v) is 7.06. The van der Waals surface area contributed by atoms with Crippen molar-refractivity contribution in [3.63, 3.8) is 0 Å². The molecule has 7 aromatic carbocycles. The van der Waals surface area contributed by atoms with Crippen LogP contribution >= 0.6 is 0 Å². The van der Waals surface area contributed by atoms with Crippen molar-refractivity contribution in [2.24, 2.45) is 0 Å². The third-order valence-electron chi connectivity index (χ3n) is 7.06. The lowest BCUT2D eigenvalue weighted by molar-refractivity contribution is 1.65. The van der Waals surface area contributed by atoms with Gasteiger partial charge in [0.25, 0.3) is 0 Å². The van der Waals surface area contributed by atoms with Crippen LogP contribution in [-0.2, 0) is 0 Å². The summed E-state index contributed by atoms with van der Waals surface area (Å²) in [7, 11) is 0. The molecule has 0 fully saturated rings. The number of rotatable bonds is 2. The van der Waals surface area contributed by atoms with Gasteiger partial charge in [-0.25, -0.2) is 0 Å². The summed E-state index contributed by atoms with van der Waals surface area (Å²) in [6, 6.07) is 48.6. The minimum Gasteiger partial charge on any atom is -0.0616 e. The molecule has 0 heterocycles. The molecule has 0 N–H and O–H groups in total. The molecule has 0 aliphatic carbocycles. The molecule has 158 valence electrons. The van der Waals surface area contributed by atoms with Gasteiger partial charge in [-0.1, -0.05) is 133 Å². The van der Waals surface area contributed by atoms with Crippen molar-refractivity contribution in [1.82, 2.24) is 0 Å². The van der Waals surface area contributed by atoms with Crippen LogP contribution in [0.4, 0.5) is 0 Å². The largest absolute Gasteiger partial charge is 0.0616 e. The van der Waals surface area contributed by atoms with Crippen molar-refractivity contribution in [2.75, 3.05) is 0 Å². The maximum Gasteiger partial charge on any atom is -0.00204 e. The van der Waals surface area contributed by atoms with Crippen LogP contribution in [0.15, 0.2) is 133 Å². The highest BCUT2D eigenvalue weighted by Gasteiger charge is 2.16. The lowest BCUT2D eigenvalue weighted by Gasteiger charge is -2.18. The van der Waals surface area contributed by atoms with E-state index in [1.54, 1.807) is 0 Å². The van der Waals surface area contributed by atoms with Crippen LogP contribution in [0.1, 0.15) is 0 Å². The van der Waals surface area contributed by atoms with Gasteiger partial charge in [-0.05, 0) is 65.3 Å². The second-order valence-electron chi connectivity index (χ2n) is 8.92. The summed E-state index contributed by atoms with van der Waals surface area (Å²) in [5.41, 5.74) is 5.13. The predicted octanol–water partition coefficient (Wildman–Crippen LogP) is 9.63. The van der Waals surface area contributed by atoms with E-state index in [-0.39, 0.29) is 0 Å². The fourth-order valence-electron chi connectivity index (χ4n) is 5.50. The Morgan fingerprint density at radius 3 is 1.59 bits per heavy atom. The average Bonchev–Trinajstić information content (AvgIpc) is 2.92. The Balaban J connectivity index is 1.63. The molecule has 0 radical (unpaired) electrons. The Labute approximate surface area is 198 Å². The molecular weight excluding hydrogens is 408 g/mol. The van der Waals surface area contributed by atoms with E-state index in [0.29, 0.717) is 0 Å². The fourth-order valence-corrected chi connectivity index (χ4v) is 5.50.